The van der Waals surface area contributed by atoms with Crippen LogP contribution in [0.15, 0.2) is 18.2 Å². The van der Waals surface area contributed by atoms with Crippen molar-refractivity contribution >= 4 is 11.6 Å². The molecule has 1 amide bonds. The van der Waals surface area contributed by atoms with Crippen molar-refractivity contribution in [2.24, 2.45) is 0 Å². The van der Waals surface area contributed by atoms with Gasteiger partial charge in [0.15, 0.2) is 0 Å². The fourth-order valence-electron chi connectivity index (χ4n) is 1.77. The smallest absolute Gasteiger partial charge is 0.224 e. The molecule has 0 aliphatic heterocycles. The van der Waals surface area contributed by atoms with Crippen LogP contribution in [0.3, 0.4) is 0 Å². The van der Waals surface area contributed by atoms with Gasteiger partial charge in [-0.3, -0.25) is 4.79 Å². The number of benzene rings is 1. The molecule has 0 aliphatic carbocycles. The number of aliphatic hydroxyl groups excluding tert-OH is 1. The van der Waals surface area contributed by atoms with Crippen molar-refractivity contribution in [1.82, 2.24) is 0 Å². The predicted molar refractivity (Wildman–Crippen MR) is 70.1 cm³/mol. The maximum Gasteiger partial charge on any atom is 0.224 e. The van der Waals surface area contributed by atoms with Gasteiger partial charge in [0.1, 0.15) is 0 Å². The molecule has 3 nitrogen and oxygen atoms in total. The second kappa shape index (κ2) is 6.40. The number of anilines is 1. The lowest BCUT2D eigenvalue weighted by molar-refractivity contribution is -0.116. The Labute approximate surface area is 103 Å². The zero-order valence-corrected chi connectivity index (χ0v) is 10.8. The van der Waals surface area contributed by atoms with Crippen molar-refractivity contribution in [3.05, 3.63) is 29.3 Å². The number of rotatable bonds is 5. The standard InChI is InChI=1S/C14H21NO2/c1-10-6-4-7-11(2)14(10)15-13(17)9-5-8-12(3)16/h4,6-7,12,16H,5,8-9H2,1-3H3,(H,15,17)/t12-/m0/s1. The van der Waals surface area contributed by atoms with Crippen molar-refractivity contribution in [3.8, 4) is 0 Å². The Morgan fingerprint density at radius 2 is 1.94 bits per heavy atom. The highest BCUT2D eigenvalue weighted by Gasteiger charge is 2.07. The minimum Gasteiger partial charge on any atom is -0.393 e. The summed E-state index contributed by atoms with van der Waals surface area (Å²) in [4.78, 5) is 11.7. The van der Waals surface area contributed by atoms with Crippen LogP contribution in [0.4, 0.5) is 5.69 Å². The van der Waals surface area contributed by atoms with Crippen LogP contribution in [-0.2, 0) is 4.79 Å². The molecule has 1 aromatic rings. The lowest BCUT2D eigenvalue weighted by Crippen LogP contribution is -2.14. The first-order valence-corrected chi connectivity index (χ1v) is 6.05. The van der Waals surface area contributed by atoms with E-state index in [1.54, 1.807) is 6.92 Å². The van der Waals surface area contributed by atoms with Gasteiger partial charge in [-0.15, -0.1) is 0 Å². The molecule has 1 atom stereocenters. The molecule has 0 aromatic heterocycles. The summed E-state index contributed by atoms with van der Waals surface area (Å²) in [7, 11) is 0. The molecule has 2 N–H and O–H groups in total. The van der Waals surface area contributed by atoms with Gasteiger partial charge < -0.3 is 10.4 Å². The molecule has 0 bridgehead atoms. The van der Waals surface area contributed by atoms with Crippen molar-refractivity contribution in [3.63, 3.8) is 0 Å². The van der Waals surface area contributed by atoms with Crippen LogP contribution in [0, 0.1) is 13.8 Å². The summed E-state index contributed by atoms with van der Waals surface area (Å²) in [5, 5.41) is 12.0. The summed E-state index contributed by atoms with van der Waals surface area (Å²) in [6.07, 6.45) is 1.51. The quantitative estimate of drug-likeness (QED) is 0.824. The second-order valence-electron chi connectivity index (χ2n) is 4.56. The van der Waals surface area contributed by atoms with E-state index in [9.17, 15) is 4.79 Å². The van der Waals surface area contributed by atoms with E-state index in [-0.39, 0.29) is 12.0 Å². The molecule has 0 heterocycles. The lowest BCUT2D eigenvalue weighted by atomic mass is 10.1. The first kappa shape index (κ1) is 13.7. The molecular weight excluding hydrogens is 214 g/mol. The molecule has 1 aromatic carbocycles. The lowest BCUT2D eigenvalue weighted by Gasteiger charge is -2.11. The average Bonchev–Trinajstić information content (AvgIpc) is 2.23. The van der Waals surface area contributed by atoms with Crippen LogP contribution in [0.2, 0.25) is 0 Å². The Hall–Kier alpha value is -1.35. The molecule has 0 spiro atoms. The van der Waals surface area contributed by atoms with Gasteiger partial charge in [-0.1, -0.05) is 18.2 Å². The van der Waals surface area contributed by atoms with E-state index in [0.29, 0.717) is 19.3 Å². The number of carbonyl (C=O) groups is 1. The zero-order valence-electron chi connectivity index (χ0n) is 10.8. The SMILES string of the molecule is Cc1cccc(C)c1NC(=O)CCC[C@H](C)O. The molecule has 94 valence electrons. The molecule has 3 heteroatoms. The number of hydrogen-bond donors (Lipinski definition) is 2. The van der Waals surface area contributed by atoms with Gasteiger partial charge in [0, 0.05) is 12.1 Å². The molecule has 0 radical (unpaired) electrons. The molecular formula is C14H21NO2. The summed E-state index contributed by atoms with van der Waals surface area (Å²) >= 11 is 0. The van der Waals surface area contributed by atoms with Gasteiger partial charge >= 0.3 is 0 Å². The van der Waals surface area contributed by atoms with Crippen LogP contribution >= 0.6 is 0 Å². The number of nitrogens with one attached hydrogen (secondary N) is 1. The van der Waals surface area contributed by atoms with Gasteiger partial charge in [-0.25, -0.2) is 0 Å². The number of aryl methyl sites for hydroxylation is 2. The fourth-order valence-corrected chi connectivity index (χ4v) is 1.77. The molecule has 0 saturated carbocycles. The summed E-state index contributed by atoms with van der Waals surface area (Å²) in [5.41, 5.74) is 3.07. The van der Waals surface area contributed by atoms with Gasteiger partial charge in [0.2, 0.25) is 5.91 Å². The molecule has 0 fully saturated rings. The van der Waals surface area contributed by atoms with Gasteiger partial charge in [-0.05, 0) is 44.7 Å². The maximum atomic E-state index is 11.7. The van der Waals surface area contributed by atoms with E-state index in [2.05, 4.69) is 5.32 Å². The highest BCUT2D eigenvalue weighted by Crippen LogP contribution is 2.19. The molecule has 0 saturated heterocycles. The second-order valence-corrected chi connectivity index (χ2v) is 4.56. The first-order chi connectivity index (χ1) is 8.00. The topological polar surface area (TPSA) is 49.3 Å². The zero-order chi connectivity index (χ0) is 12.8. The Morgan fingerprint density at radius 3 is 2.47 bits per heavy atom. The molecule has 17 heavy (non-hydrogen) atoms. The van der Waals surface area contributed by atoms with E-state index < -0.39 is 0 Å². The summed E-state index contributed by atoms with van der Waals surface area (Å²) in [5.74, 6) is 0.0167. The Bertz CT molecular complexity index is 366. The van der Waals surface area contributed by atoms with Crippen LogP contribution in [0.1, 0.15) is 37.3 Å². The predicted octanol–water partition coefficient (Wildman–Crippen LogP) is 2.79. The van der Waals surface area contributed by atoms with Crippen molar-refractivity contribution in [2.45, 2.75) is 46.1 Å². The Balaban J connectivity index is 2.51. The van der Waals surface area contributed by atoms with E-state index in [1.807, 2.05) is 32.0 Å². The van der Waals surface area contributed by atoms with Crippen LogP contribution < -0.4 is 5.32 Å². The Morgan fingerprint density at radius 1 is 1.35 bits per heavy atom. The molecule has 1 rings (SSSR count). The number of aliphatic hydroxyl groups is 1. The number of hydrogen-bond acceptors (Lipinski definition) is 2. The third-order valence-electron chi connectivity index (χ3n) is 2.77. The normalized spacial score (nSPS) is 12.2. The van der Waals surface area contributed by atoms with Crippen LogP contribution in [0.25, 0.3) is 0 Å². The van der Waals surface area contributed by atoms with Crippen LogP contribution in [-0.4, -0.2) is 17.1 Å². The third-order valence-corrected chi connectivity index (χ3v) is 2.77. The third kappa shape index (κ3) is 4.57. The van der Waals surface area contributed by atoms with Crippen molar-refractivity contribution in [1.29, 1.82) is 0 Å². The largest absolute Gasteiger partial charge is 0.393 e. The van der Waals surface area contributed by atoms with Crippen molar-refractivity contribution in [2.75, 3.05) is 5.32 Å². The molecule has 0 unspecified atom stereocenters. The van der Waals surface area contributed by atoms with E-state index in [4.69, 9.17) is 5.11 Å². The van der Waals surface area contributed by atoms with Gasteiger partial charge in [0.25, 0.3) is 0 Å². The summed E-state index contributed by atoms with van der Waals surface area (Å²) in [6.45, 7) is 5.71. The van der Waals surface area contributed by atoms with E-state index in [1.165, 1.54) is 0 Å². The Kier molecular flexibility index (Phi) is 5.16. The average molecular weight is 235 g/mol. The summed E-state index contributed by atoms with van der Waals surface area (Å²) in [6, 6.07) is 5.95. The minimum absolute atomic E-state index is 0.0167. The number of amides is 1. The monoisotopic (exact) mass is 235 g/mol. The highest BCUT2D eigenvalue weighted by molar-refractivity contribution is 5.92. The highest BCUT2D eigenvalue weighted by atomic mass is 16.3. The number of para-hydroxylation sites is 1. The van der Waals surface area contributed by atoms with Crippen LogP contribution in [0.5, 0.6) is 0 Å². The summed E-state index contributed by atoms with van der Waals surface area (Å²) < 4.78 is 0. The van der Waals surface area contributed by atoms with E-state index >= 15 is 0 Å². The minimum atomic E-state index is -0.331. The van der Waals surface area contributed by atoms with Gasteiger partial charge in [-0.2, -0.15) is 0 Å². The first-order valence-electron chi connectivity index (χ1n) is 6.05. The van der Waals surface area contributed by atoms with Crippen molar-refractivity contribution < 1.29 is 9.90 Å². The van der Waals surface area contributed by atoms with Gasteiger partial charge in [0.05, 0.1) is 6.10 Å². The maximum absolute atomic E-state index is 11.7. The van der Waals surface area contributed by atoms with E-state index in [0.717, 1.165) is 16.8 Å². The fraction of sp³-hybridized carbons (Fsp3) is 0.500. The molecule has 0 aliphatic rings. The number of carbonyl (C=O) groups excluding carboxylic acids is 1.